The van der Waals surface area contributed by atoms with Crippen LogP contribution in [0, 0.1) is 0 Å². The van der Waals surface area contributed by atoms with Gasteiger partial charge in [0.05, 0.1) is 5.69 Å². The Hall–Kier alpha value is -2.75. The first-order valence-corrected chi connectivity index (χ1v) is 6.87. The van der Waals surface area contributed by atoms with Crippen LogP contribution in [0.25, 0.3) is 11.3 Å². The molecule has 4 nitrogen and oxygen atoms in total. The summed E-state index contributed by atoms with van der Waals surface area (Å²) >= 11 is 0. The molecule has 0 aliphatic heterocycles. The second-order valence-electron chi connectivity index (χ2n) is 4.76. The predicted octanol–water partition coefficient (Wildman–Crippen LogP) is 3.74. The Morgan fingerprint density at radius 1 is 1.00 bits per heavy atom. The summed E-state index contributed by atoms with van der Waals surface area (Å²) in [6, 6.07) is 5.76. The third-order valence-corrected chi connectivity index (χ3v) is 3.23. The van der Waals surface area contributed by atoms with Crippen LogP contribution in [0.3, 0.4) is 0 Å². The molecule has 0 fully saturated rings. The molecule has 0 aromatic carbocycles. The molecule has 1 N–H and O–H groups in total. The highest BCUT2D eigenvalue weighted by molar-refractivity contribution is 5.60. The van der Waals surface area contributed by atoms with Crippen molar-refractivity contribution in [3.05, 3.63) is 72.4 Å². The van der Waals surface area contributed by atoms with Gasteiger partial charge in [-0.25, -0.2) is 9.97 Å². The SMILES string of the molecule is CC1=C(Nc2nccc(-c3ccncc3)n2)C=CCC=C1. The van der Waals surface area contributed by atoms with Crippen molar-refractivity contribution in [1.82, 2.24) is 15.0 Å². The zero-order valence-corrected chi connectivity index (χ0v) is 11.8. The van der Waals surface area contributed by atoms with E-state index in [0.717, 1.165) is 23.4 Å². The molecule has 0 radical (unpaired) electrons. The normalized spacial score (nSPS) is 14.1. The van der Waals surface area contributed by atoms with Gasteiger partial charge in [-0.15, -0.1) is 0 Å². The average molecular weight is 276 g/mol. The molecule has 4 heteroatoms. The summed E-state index contributed by atoms with van der Waals surface area (Å²) < 4.78 is 0. The minimum atomic E-state index is 0.596. The molecule has 2 heterocycles. The third kappa shape index (κ3) is 3.23. The van der Waals surface area contributed by atoms with Gasteiger partial charge in [0.2, 0.25) is 5.95 Å². The Balaban J connectivity index is 1.89. The van der Waals surface area contributed by atoms with Crippen molar-refractivity contribution in [3.8, 4) is 11.3 Å². The molecule has 1 aliphatic carbocycles. The van der Waals surface area contributed by atoms with E-state index < -0.39 is 0 Å². The smallest absolute Gasteiger partial charge is 0.227 e. The van der Waals surface area contributed by atoms with E-state index in [1.165, 1.54) is 5.57 Å². The fourth-order valence-electron chi connectivity index (χ4n) is 2.09. The van der Waals surface area contributed by atoms with Gasteiger partial charge < -0.3 is 5.32 Å². The first kappa shape index (κ1) is 13.2. The van der Waals surface area contributed by atoms with Gasteiger partial charge in [-0.1, -0.05) is 18.2 Å². The number of anilines is 1. The average Bonchev–Trinajstić information content (AvgIpc) is 2.74. The number of nitrogens with one attached hydrogen (secondary N) is 1. The number of rotatable bonds is 3. The molecule has 0 saturated carbocycles. The van der Waals surface area contributed by atoms with Gasteiger partial charge in [-0.05, 0) is 43.2 Å². The molecular weight excluding hydrogens is 260 g/mol. The summed E-state index contributed by atoms with van der Waals surface area (Å²) in [5.41, 5.74) is 4.09. The number of nitrogens with zero attached hydrogens (tertiary/aromatic N) is 3. The standard InChI is InChI=1S/C17H16N4/c1-13-5-3-2-4-6-15(13)20-17-19-12-9-16(21-17)14-7-10-18-11-8-14/h3-12H,2H2,1H3,(H,19,20,21). The molecule has 0 saturated heterocycles. The molecule has 2 aromatic rings. The molecule has 0 amide bonds. The number of hydrogen-bond donors (Lipinski definition) is 1. The van der Waals surface area contributed by atoms with Crippen molar-refractivity contribution in [3.63, 3.8) is 0 Å². The van der Waals surface area contributed by atoms with Crippen molar-refractivity contribution in [2.75, 3.05) is 5.32 Å². The molecular formula is C17H16N4. The largest absolute Gasteiger partial charge is 0.324 e. The van der Waals surface area contributed by atoms with Crippen LogP contribution in [0.4, 0.5) is 5.95 Å². The van der Waals surface area contributed by atoms with Crippen LogP contribution >= 0.6 is 0 Å². The summed E-state index contributed by atoms with van der Waals surface area (Å²) in [6.45, 7) is 2.07. The van der Waals surface area contributed by atoms with Crippen LogP contribution in [0.2, 0.25) is 0 Å². The Morgan fingerprint density at radius 2 is 1.81 bits per heavy atom. The first-order chi connectivity index (χ1) is 10.3. The Morgan fingerprint density at radius 3 is 2.67 bits per heavy atom. The maximum absolute atomic E-state index is 4.56. The van der Waals surface area contributed by atoms with Gasteiger partial charge in [0.25, 0.3) is 0 Å². The van der Waals surface area contributed by atoms with Crippen LogP contribution in [0.15, 0.2) is 72.4 Å². The topological polar surface area (TPSA) is 50.7 Å². The first-order valence-electron chi connectivity index (χ1n) is 6.87. The Labute approximate surface area is 124 Å². The highest BCUT2D eigenvalue weighted by Crippen LogP contribution is 2.18. The van der Waals surface area contributed by atoms with E-state index in [9.17, 15) is 0 Å². The van der Waals surface area contributed by atoms with E-state index in [0.29, 0.717) is 5.95 Å². The zero-order chi connectivity index (χ0) is 14.5. The van der Waals surface area contributed by atoms with Gasteiger partial charge in [0, 0.05) is 29.9 Å². The molecule has 0 spiro atoms. The van der Waals surface area contributed by atoms with Crippen molar-refractivity contribution in [2.24, 2.45) is 0 Å². The molecule has 2 aromatic heterocycles. The zero-order valence-electron chi connectivity index (χ0n) is 11.8. The van der Waals surface area contributed by atoms with Crippen LogP contribution in [-0.4, -0.2) is 15.0 Å². The lowest BCUT2D eigenvalue weighted by Crippen LogP contribution is -2.03. The van der Waals surface area contributed by atoms with Crippen LogP contribution in [0.1, 0.15) is 13.3 Å². The third-order valence-electron chi connectivity index (χ3n) is 3.23. The maximum atomic E-state index is 4.56. The van der Waals surface area contributed by atoms with Gasteiger partial charge in [0.1, 0.15) is 0 Å². The summed E-state index contributed by atoms with van der Waals surface area (Å²) in [7, 11) is 0. The molecule has 0 atom stereocenters. The van der Waals surface area contributed by atoms with E-state index in [2.05, 4.69) is 51.5 Å². The minimum absolute atomic E-state index is 0.596. The van der Waals surface area contributed by atoms with Crippen molar-refractivity contribution < 1.29 is 0 Å². The van der Waals surface area contributed by atoms with Gasteiger partial charge in [-0.3, -0.25) is 4.98 Å². The van der Waals surface area contributed by atoms with Crippen molar-refractivity contribution >= 4 is 5.95 Å². The predicted molar refractivity (Wildman–Crippen MR) is 84.5 cm³/mol. The lowest BCUT2D eigenvalue weighted by molar-refractivity contribution is 1.15. The lowest BCUT2D eigenvalue weighted by Gasteiger charge is -2.09. The summed E-state index contributed by atoms with van der Waals surface area (Å²) in [5.74, 6) is 0.596. The van der Waals surface area contributed by atoms with Crippen molar-refractivity contribution in [2.45, 2.75) is 13.3 Å². The van der Waals surface area contributed by atoms with E-state index in [-0.39, 0.29) is 0 Å². The molecule has 21 heavy (non-hydrogen) atoms. The molecule has 1 aliphatic rings. The number of hydrogen-bond acceptors (Lipinski definition) is 4. The van der Waals surface area contributed by atoms with Gasteiger partial charge >= 0.3 is 0 Å². The molecule has 0 bridgehead atoms. The number of allylic oxidation sites excluding steroid dienone is 5. The van der Waals surface area contributed by atoms with E-state index in [4.69, 9.17) is 0 Å². The van der Waals surface area contributed by atoms with Crippen LogP contribution in [0.5, 0.6) is 0 Å². The second kappa shape index (κ2) is 6.13. The van der Waals surface area contributed by atoms with Gasteiger partial charge in [-0.2, -0.15) is 0 Å². The molecule has 0 unspecified atom stereocenters. The quantitative estimate of drug-likeness (QED) is 0.927. The van der Waals surface area contributed by atoms with E-state index in [1.807, 2.05) is 18.2 Å². The monoisotopic (exact) mass is 276 g/mol. The summed E-state index contributed by atoms with van der Waals surface area (Å²) in [6.07, 6.45) is 14.6. The molecule has 3 rings (SSSR count). The highest BCUT2D eigenvalue weighted by Gasteiger charge is 2.05. The van der Waals surface area contributed by atoms with Gasteiger partial charge in [0.15, 0.2) is 0 Å². The summed E-state index contributed by atoms with van der Waals surface area (Å²) in [5, 5.41) is 3.28. The Kier molecular flexibility index (Phi) is 3.87. The highest BCUT2D eigenvalue weighted by atomic mass is 15.1. The summed E-state index contributed by atoms with van der Waals surface area (Å²) in [4.78, 5) is 12.9. The van der Waals surface area contributed by atoms with E-state index in [1.54, 1.807) is 18.6 Å². The fraction of sp³-hybridized carbons (Fsp3) is 0.118. The fourth-order valence-corrected chi connectivity index (χ4v) is 2.09. The maximum Gasteiger partial charge on any atom is 0.227 e. The number of aromatic nitrogens is 3. The van der Waals surface area contributed by atoms with Crippen LogP contribution in [-0.2, 0) is 0 Å². The minimum Gasteiger partial charge on any atom is -0.324 e. The van der Waals surface area contributed by atoms with Crippen molar-refractivity contribution in [1.29, 1.82) is 0 Å². The number of pyridine rings is 1. The molecule has 104 valence electrons. The van der Waals surface area contributed by atoms with Crippen LogP contribution < -0.4 is 5.32 Å². The lowest BCUT2D eigenvalue weighted by atomic mass is 10.2. The van der Waals surface area contributed by atoms with E-state index >= 15 is 0 Å². The second-order valence-corrected chi connectivity index (χ2v) is 4.76. The Bertz CT molecular complexity index is 715.